The van der Waals surface area contributed by atoms with Gasteiger partial charge in [0.1, 0.15) is 12.1 Å². The van der Waals surface area contributed by atoms with E-state index >= 15 is 0 Å². The number of amides is 3. The van der Waals surface area contributed by atoms with Gasteiger partial charge in [-0.1, -0.05) is 20.3 Å². The summed E-state index contributed by atoms with van der Waals surface area (Å²) in [6, 6.07) is -3.81. The van der Waals surface area contributed by atoms with E-state index in [0.717, 1.165) is 0 Å². The van der Waals surface area contributed by atoms with Crippen LogP contribution in [0, 0.1) is 5.92 Å². The van der Waals surface area contributed by atoms with E-state index in [1.54, 1.807) is 13.8 Å². The van der Waals surface area contributed by atoms with Crippen LogP contribution < -0.4 is 22.1 Å². The first kappa shape index (κ1) is 23.3. The van der Waals surface area contributed by atoms with Crippen molar-refractivity contribution in [3.8, 4) is 0 Å². The Kier molecular flexibility index (Phi) is 9.89. The normalized spacial score (nSPS) is 15.2. The summed E-state index contributed by atoms with van der Waals surface area (Å²) < 4.78 is 0. The van der Waals surface area contributed by atoms with Gasteiger partial charge in [-0.15, -0.1) is 0 Å². The van der Waals surface area contributed by atoms with Gasteiger partial charge in [0, 0.05) is 6.42 Å². The van der Waals surface area contributed by atoms with Crippen LogP contribution in [0.2, 0.25) is 0 Å². The third-order valence-corrected chi connectivity index (χ3v) is 3.82. The quantitative estimate of drug-likeness (QED) is 0.228. The van der Waals surface area contributed by atoms with Crippen LogP contribution in [0.1, 0.15) is 39.5 Å². The van der Waals surface area contributed by atoms with Gasteiger partial charge in [0.25, 0.3) is 0 Å². The molecule has 0 heterocycles. The number of hydrogen-bond acceptors (Lipinski definition) is 6. The molecule has 0 aromatic carbocycles. The van der Waals surface area contributed by atoms with Crippen molar-refractivity contribution >= 4 is 29.7 Å². The summed E-state index contributed by atoms with van der Waals surface area (Å²) in [5.74, 6) is -5.31. The predicted molar refractivity (Wildman–Crippen MR) is 89.6 cm³/mol. The minimum Gasteiger partial charge on any atom is -0.481 e. The zero-order chi connectivity index (χ0) is 20.4. The second-order valence-corrected chi connectivity index (χ2v) is 5.98. The third kappa shape index (κ3) is 8.42. The summed E-state index contributed by atoms with van der Waals surface area (Å²) in [6.45, 7) is 3.42. The maximum atomic E-state index is 12.4. The molecule has 0 aliphatic carbocycles. The van der Waals surface area contributed by atoms with Crippen LogP contribution in [0.3, 0.4) is 0 Å². The fourth-order valence-electron chi connectivity index (χ4n) is 2.05. The number of carbonyl (C=O) groups excluding carboxylic acids is 3. The van der Waals surface area contributed by atoms with E-state index in [1.807, 2.05) is 0 Å². The van der Waals surface area contributed by atoms with Gasteiger partial charge in [-0.3, -0.25) is 19.2 Å². The molecule has 0 unspecified atom stereocenters. The monoisotopic (exact) mass is 374 g/mol. The average Bonchev–Trinajstić information content (AvgIpc) is 2.53. The maximum absolute atomic E-state index is 12.4. The van der Waals surface area contributed by atoms with Crippen molar-refractivity contribution in [2.75, 3.05) is 0 Å². The number of carboxylic acids is 2. The molecule has 0 saturated heterocycles. The molecule has 0 bridgehead atoms. The highest BCUT2D eigenvalue weighted by Crippen LogP contribution is 2.10. The van der Waals surface area contributed by atoms with Crippen molar-refractivity contribution in [1.29, 1.82) is 0 Å². The molecule has 148 valence electrons. The summed E-state index contributed by atoms with van der Waals surface area (Å²) in [4.78, 5) is 57.1. The molecule has 0 spiro atoms. The SMILES string of the molecule is CC[C@H](C)[C@H](NC(=O)[C@@H](N)CC(=O)O)C(=O)N[C@@H](CCC(N)=O)C(=O)O. The Hall–Kier alpha value is -2.69. The van der Waals surface area contributed by atoms with Crippen molar-refractivity contribution in [2.45, 2.75) is 57.7 Å². The minimum absolute atomic E-state index is 0.198. The van der Waals surface area contributed by atoms with Crippen molar-refractivity contribution < 1.29 is 34.2 Å². The average molecular weight is 374 g/mol. The molecule has 0 radical (unpaired) electrons. The van der Waals surface area contributed by atoms with Crippen molar-refractivity contribution in [2.24, 2.45) is 17.4 Å². The summed E-state index contributed by atoms with van der Waals surface area (Å²) >= 11 is 0. The first-order chi connectivity index (χ1) is 12.0. The number of nitrogens with two attached hydrogens (primary N) is 2. The molecular formula is C15H26N4O7. The highest BCUT2D eigenvalue weighted by atomic mass is 16.4. The molecule has 0 aromatic rings. The lowest BCUT2D eigenvalue weighted by Gasteiger charge is -2.26. The Morgan fingerprint density at radius 1 is 1.04 bits per heavy atom. The van der Waals surface area contributed by atoms with Crippen LogP contribution in [0.15, 0.2) is 0 Å². The molecule has 11 nitrogen and oxygen atoms in total. The lowest BCUT2D eigenvalue weighted by atomic mass is 9.97. The van der Waals surface area contributed by atoms with E-state index < -0.39 is 54.2 Å². The number of hydrogen-bond donors (Lipinski definition) is 6. The number of aliphatic carboxylic acids is 2. The molecule has 8 N–H and O–H groups in total. The number of primary amides is 1. The van der Waals surface area contributed by atoms with Crippen molar-refractivity contribution in [3.05, 3.63) is 0 Å². The van der Waals surface area contributed by atoms with E-state index in [4.69, 9.17) is 21.7 Å². The summed E-state index contributed by atoms with van der Waals surface area (Å²) in [5.41, 5.74) is 10.4. The third-order valence-electron chi connectivity index (χ3n) is 3.82. The van der Waals surface area contributed by atoms with Gasteiger partial charge in [-0.2, -0.15) is 0 Å². The van der Waals surface area contributed by atoms with E-state index in [9.17, 15) is 24.0 Å². The standard InChI is InChI=1S/C15H26N4O7/c1-3-7(2)12(19-13(23)8(16)6-11(21)22)14(24)18-9(15(25)26)4-5-10(17)20/h7-9,12H,3-6,16H2,1-2H3,(H2,17,20)(H,18,24)(H,19,23)(H,21,22)(H,25,26)/t7-,8-,9-,12-/m0/s1. The molecule has 0 saturated carbocycles. The van der Waals surface area contributed by atoms with E-state index in [1.165, 1.54) is 0 Å². The molecular weight excluding hydrogens is 348 g/mol. The summed E-state index contributed by atoms with van der Waals surface area (Å²) in [7, 11) is 0. The lowest BCUT2D eigenvalue weighted by Crippen LogP contribution is -2.56. The fraction of sp³-hybridized carbons (Fsp3) is 0.667. The van der Waals surface area contributed by atoms with Crippen molar-refractivity contribution in [3.63, 3.8) is 0 Å². The Labute approximate surface area is 150 Å². The second kappa shape index (κ2) is 11.0. The number of carbonyl (C=O) groups is 5. The van der Waals surface area contributed by atoms with Gasteiger partial charge < -0.3 is 32.3 Å². The largest absolute Gasteiger partial charge is 0.481 e. The smallest absolute Gasteiger partial charge is 0.326 e. The number of nitrogens with one attached hydrogen (secondary N) is 2. The van der Waals surface area contributed by atoms with Gasteiger partial charge in [-0.05, 0) is 12.3 Å². The van der Waals surface area contributed by atoms with Gasteiger partial charge >= 0.3 is 11.9 Å². The zero-order valence-electron chi connectivity index (χ0n) is 14.7. The van der Waals surface area contributed by atoms with E-state index in [2.05, 4.69) is 10.6 Å². The van der Waals surface area contributed by atoms with Gasteiger partial charge in [0.05, 0.1) is 12.5 Å². The molecule has 4 atom stereocenters. The highest BCUT2D eigenvalue weighted by Gasteiger charge is 2.31. The number of carboxylic acid groups (broad SMARTS) is 2. The second-order valence-electron chi connectivity index (χ2n) is 5.98. The minimum atomic E-state index is -1.36. The first-order valence-corrected chi connectivity index (χ1v) is 8.08. The van der Waals surface area contributed by atoms with Gasteiger partial charge in [-0.25, -0.2) is 4.79 Å². The molecule has 0 fully saturated rings. The van der Waals surface area contributed by atoms with Crippen LogP contribution in [0.5, 0.6) is 0 Å². The van der Waals surface area contributed by atoms with E-state index in [-0.39, 0.29) is 18.8 Å². The van der Waals surface area contributed by atoms with Gasteiger partial charge in [0.2, 0.25) is 17.7 Å². The Morgan fingerprint density at radius 2 is 1.62 bits per heavy atom. The molecule has 0 aromatic heterocycles. The first-order valence-electron chi connectivity index (χ1n) is 8.08. The zero-order valence-corrected chi connectivity index (χ0v) is 14.7. The number of rotatable bonds is 12. The Bertz CT molecular complexity index is 552. The molecule has 11 heteroatoms. The molecule has 0 aliphatic rings. The predicted octanol–water partition coefficient (Wildman–Crippen LogP) is -1.85. The molecule has 26 heavy (non-hydrogen) atoms. The van der Waals surface area contributed by atoms with Crippen molar-refractivity contribution in [1.82, 2.24) is 10.6 Å². The lowest BCUT2D eigenvalue weighted by molar-refractivity contribution is -0.143. The van der Waals surface area contributed by atoms with Crippen LogP contribution in [0.4, 0.5) is 0 Å². The van der Waals surface area contributed by atoms with Crippen LogP contribution in [-0.2, 0) is 24.0 Å². The summed E-state index contributed by atoms with van der Waals surface area (Å²) in [5, 5.41) is 22.4. The Balaban J connectivity index is 5.12. The molecule has 0 rings (SSSR count). The van der Waals surface area contributed by atoms with Crippen LogP contribution >= 0.6 is 0 Å². The summed E-state index contributed by atoms with van der Waals surface area (Å²) in [6.07, 6.45) is -0.570. The molecule has 0 aliphatic heterocycles. The van der Waals surface area contributed by atoms with Gasteiger partial charge in [0.15, 0.2) is 0 Å². The molecule has 3 amide bonds. The van der Waals surface area contributed by atoms with E-state index in [0.29, 0.717) is 6.42 Å². The highest BCUT2D eigenvalue weighted by molar-refractivity contribution is 5.93. The Morgan fingerprint density at radius 3 is 2.04 bits per heavy atom. The topological polar surface area (TPSA) is 202 Å². The maximum Gasteiger partial charge on any atom is 0.326 e. The van der Waals surface area contributed by atoms with Crippen LogP contribution in [0.25, 0.3) is 0 Å². The fourth-order valence-corrected chi connectivity index (χ4v) is 2.05. The van der Waals surface area contributed by atoms with Crippen LogP contribution in [-0.4, -0.2) is 58.0 Å².